The Hall–Kier alpha value is -3.90. The SMILES string of the molecule is CC(C)n1c(-c2ccc(NS(C)(=O)=O)cc2)c(C#N)c2ccc(Oc3ncccn3)cc21. The van der Waals surface area contributed by atoms with Crippen LogP contribution in [0.4, 0.5) is 5.69 Å². The fourth-order valence-electron chi connectivity index (χ4n) is 3.64. The van der Waals surface area contributed by atoms with E-state index < -0.39 is 10.0 Å². The van der Waals surface area contributed by atoms with Gasteiger partial charge in [0.2, 0.25) is 10.0 Å². The summed E-state index contributed by atoms with van der Waals surface area (Å²) >= 11 is 0. The minimum Gasteiger partial charge on any atom is -0.424 e. The van der Waals surface area contributed by atoms with Crippen molar-refractivity contribution in [1.82, 2.24) is 14.5 Å². The van der Waals surface area contributed by atoms with E-state index in [1.165, 1.54) is 0 Å². The quantitative estimate of drug-likeness (QED) is 0.458. The lowest BCUT2D eigenvalue weighted by Crippen LogP contribution is -2.09. The van der Waals surface area contributed by atoms with Crippen molar-refractivity contribution in [1.29, 1.82) is 5.26 Å². The predicted octanol–water partition coefficient (Wildman–Crippen LogP) is 4.71. The maximum atomic E-state index is 11.5. The van der Waals surface area contributed by atoms with Crippen LogP contribution in [0.1, 0.15) is 25.5 Å². The lowest BCUT2D eigenvalue weighted by atomic mass is 10.1. The molecule has 0 radical (unpaired) electrons. The van der Waals surface area contributed by atoms with Crippen molar-refractivity contribution >= 4 is 26.6 Å². The van der Waals surface area contributed by atoms with E-state index in [1.807, 2.05) is 26.0 Å². The molecule has 1 N–H and O–H groups in total. The van der Waals surface area contributed by atoms with Gasteiger partial charge in [0.25, 0.3) is 0 Å². The van der Waals surface area contributed by atoms with E-state index in [0.717, 1.165) is 28.4 Å². The minimum atomic E-state index is -3.37. The van der Waals surface area contributed by atoms with E-state index in [2.05, 4.69) is 25.3 Å². The number of aromatic nitrogens is 3. The highest BCUT2D eigenvalue weighted by Gasteiger charge is 2.21. The third-order valence-corrected chi connectivity index (χ3v) is 5.42. The van der Waals surface area contributed by atoms with Gasteiger partial charge in [0.15, 0.2) is 0 Å². The first kappa shape index (κ1) is 21.3. The average molecular weight is 448 g/mol. The second-order valence-electron chi connectivity index (χ2n) is 7.56. The monoisotopic (exact) mass is 447 g/mol. The molecule has 32 heavy (non-hydrogen) atoms. The highest BCUT2D eigenvalue weighted by molar-refractivity contribution is 7.92. The largest absolute Gasteiger partial charge is 0.424 e. The second-order valence-corrected chi connectivity index (χ2v) is 9.31. The Labute approximate surface area is 186 Å². The van der Waals surface area contributed by atoms with Crippen molar-refractivity contribution in [2.24, 2.45) is 0 Å². The number of hydrogen-bond donors (Lipinski definition) is 1. The van der Waals surface area contributed by atoms with Gasteiger partial charge in [-0.25, -0.2) is 18.4 Å². The number of anilines is 1. The fourth-order valence-corrected chi connectivity index (χ4v) is 4.21. The number of ether oxygens (including phenoxy) is 1. The van der Waals surface area contributed by atoms with Crippen LogP contribution in [0.25, 0.3) is 22.2 Å². The molecule has 2 aromatic carbocycles. The van der Waals surface area contributed by atoms with Crippen LogP contribution >= 0.6 is 0 Å². The number of benzene rings is 2. The summed E-state index contributed by atoms with van der Waals surface area (Å²) in [5.74, 6) is 0.562. The van der Waals surface area contributed by atoms with Crippen LogP contribution in [-0.2, 0) is 10.0 Å². The summed E-state index contributed by atoms with van der Waals surface area (Å²) in [6.07, 6.45) is 4.31. The van der Waals surface area contributed by atoms with Gasteiger partial charge in [0.05, 0.1) is 23.0 Å². The fraction of sp³-hybridized carbons (Fsp3) is 0.174. The van der Waals surface area contributed by atoms with Crippen LogP contribution < -0.4 is 9.46 Å². The third kappa shape index (κ3) is 4.26. The maximum absolute atomic E-state index is 11.5. The topological polar surface area (TPSA) is 110 Å². The average Bonchev–Trinajstić information content (AvgIpc) is 3.07. The summed E-state index contributed by atoms with van der Waals surface area (Å²) in [4.78, 5) is 8.18. The normalized spacial score (nSPS) is 11.5. The molecule has 0 bridgehead atoms. The molecule has 9 heteroatoms. The highest BCUT2D eigenvalue weighted by Crippen LogP contribution is 2.38. The molecule has 0 aliphatic carbocycles. The molecule has 162 valence electrons. The van der Waals surface area contributed by atoms with Gasteiger partial charge in [-0.1, -0.05) is 12.1 Å². The molecular weight excluding hydrogens is 426 g/mol. The summed E-state index contributed by atoms with van der Waals surface area (Å²) in [7, 11) is -3.37. The number of nitrogens with zero attached hydrogens (tertiary/aromatic N) is 4. The molecule has 0 atom stereocenters. The molecule has 0 fully saturated rings. The zero-order valence-corrected chi connectivity index (χ0v) is 18.6. The molecule has 0 unspecified atom stereocenters. The molecule has 0 aliphatic heterocycles. The van der Waals surface area contributed by atoms with E-state index >= 15 is 0 Å². The zero-order chi connectivity index (χ0) is 22.9. The molecule has 2 heterocycles. The van der Waals surface area contributed by atoms with Gasteiger partial charge in [0.1, 0.15) is 11.8 Å². The number of fused-ring (bicyclic) bond motifs is 1. The number of hydrogen-bond acceptors (Lipinski definition) is 6. The smallest absolute Gasteiger partial charge is 0.321 e. The van der Waals surface area contributed by atoms with Gasteiger partial charge in [-0.3, -0.25) is 4.72 Å². The molecule has 0 spiro atoms. The Morgan fingerprint density at radius 1 is 1.09 bits per heavy atom. The van der Waals surface area contributed by atoms with Crippen molar-refractivity contribution in [3.63, 3.8) is 0 Å². The first-order valence-corrected chi connectivity index (χ1v) is 11.8. The first-order valence-electron chi connectivity index (χ1n) is 9.88. The van der Waals surface area contributed by atoms with Crippen LogP contribution in [0, 0.1) is 11.3 Å². The van der Waals surface area contributed by atoms with E-state index in [0.29, 0.717) is 17.0 Å². The van der Waals surface area contributed by atoms with Crippen molar-refractivity contribution in [3.05, 3.63) is 66.5 Å². The van der Waals surface area contributed by atoms with Crippen LogP contribution in [-0.4, -0.2) is 29.2 Å². The van der Waals surface area contributed by atoms with E-state index in [4.69, 9.17) is 4.74 Å². The number of sulfonamides is 1. The Morgan fingerprint density at radius 2 is 1.78 bits per heavy atom. The lowest BCUT2D eigenvalue weighted by Gasteiger charge is -2.16. The Kier molecular flexibility index (Phi) is 5.55. The van der Waals surface area contributed by atoms with Gasteiger partial charge in [-0.15, -0.1) is 0 Å². The van der Waals surface area contributed by atoms with E-state index in [9.17, 15) is 13.7 Å². The van der Waals surface area contributed by atoms with E-state index in [-0.39, 0.29) is 12.1 Å². The van der Waals surface area contributed by atoms with Crippen LogP contribution in [0.15, 0.2) is 60.9 Å². The van der Waals surface area contributed by atoms with Gasteiger partial charge >= 0.3 is 6.01 Å². The standard InChI is InChI=1S/C23H21N5O3S/c1-15(2)28-21-13-18(31-23-25-11-4-12-26-23)9-10-19(21)20(14-24)22(28)16-5-7-17(8-6-16)27-32(3,29)30/h4-13,15,27H,1-3H3. The third-order valence-electron chi connectivity index (χ3n) is 4.82. The van der Waals surface area contributed by atoms with Crippen molar-refractivity contribution < 1.29 is 13.2 Å². The van der Waals surface area contributed by atoms with Crippen molar-refractivity contribution in [2.75, 3.05) is 11.0 Å². The Bertz CT molecular complexity index is 1420. The molecule has 0 saturated carbocycles. The summed E-state index contributed by atoms with van der Waals surface area (Å²) in [6.45, 7) is 4.08. The van der Waals surface area contributed by atoms with Gasteiger partial charge < -0.3 is 9.30 Å². The van der Waals surface area contributed by atoms with Crippen molar-refractivity contribution in [3.8, 4) is 29.1 Å². The lowest BCUT2D eigenvalue weighted by molar-refractivity contribution is 0.442. The van der Waals surface area contributed by atoms with Gasteiger partial charge in [-0.2, -0.15) is 5.26 Å². The van der Waals surface area contributed by atoms with Crippen molar-refractivity contribution in [2.45, 2.75) is 19.9 Å². The zero-order valence-electron chi connectivity index (χ0n) is 17.8. The highest BCUT2D eigenvalue weighted by atomic mass is 32.2. The molecule has 2 aromatic heterocycles. The van der Waals surface area contributed by atoms with Crippen LogP contribution in [0.2, 0.25) is 0 Å². The number of rotatable bonds is 6. The minimum absolute atomic E-state index is 0.0478. The molecule has 0 aliphatic rings. The van der Waals surface area contributed by atoms with E-state index in [1.54, 1.807) is 48.8 Å². The Balaban J connectivity index is 1.85. The summed E-state index contributed by atoms with van der Waals surface area (Å²) in [6, 6.07) is 16.8. The molecule has 4 aromatic rings. The molecule has 0 amide bonds. The number of nitriles is 1. The maximum Gasteiger partial charge on any atom is 0.321 e. The number of nitrogens with one attached hydrogen (secondary N) is 1. The molecule has 4 rings (SSSR count). The first-order chi connectivity index (χ1) is 15.3. The molecular formula is C23H21N5O3S. The molecule has 0 saturated heterocycles. The van der Waals surface area contributed by atoms with Gasteiger partial charge in [-0.05, 0) is 49.7 Å². The summed E-state index contributed by atoms with van der Waals surface area (Å²) in [5, 5.41) is 10.8. The van der Waals surface area contributed by atoms with Gasteiger partial charge in [0, 0.05) is 35.6 Å². The summed E-state index contributed by atoms with van der Waals surface area (Å²) < 4.78 is 33.3. The summed E-state index contributed by atoms with van der Waals surface area (Å²) in [5.41, 5.74) is 3.41. The molecule has 8 nitrogen and oxygen atoms in total. The van der Waals surface area contributed by atoms with Crippen LogP contribution in [0.3, 0.4) is 0 Å². The predicted molar refractivity (Wildman–Crippen MR) is 123 cm³/mol. The Morgan fingerprint density at radius 3 is 2.38 bits per heavy atom. The van der Waals surface area contributed by atoms with Crippen LogP contribution in [0.5, 0.6) is 11.8 Å². The second kappa shape index (κ2) is 8.32.